The van der Waals surface area contributed by atoms with E-state index in [0.29, 0.717) is 11.7 Å². The van der Waals surface area contributed by atoms with E-state index in [1.54, 1.807) is 0 Å². The zero-order valence-electron chi connectivity index (χ0n) is 10.2. The third-order valence-corrected chi connectivity index (χ3v) is 3.55. The van der Waals surface area contributed by atoms with E-state index in [2.05, 4.69) is 16.5 Å². The molecule has 0 bridgehead atoms. The SMILES string of the molecule is CCCc1nc(Cl)c2n1CC(C(=O)OC)CC2. The summed E-state index contributed by atoms with van der Waals surface area (Å²) >= 11 is 6.11. The molecule has 0 N–H and O–H groups in total. The van der Waals surface area contributed by atoms with Gasteiger partial charge in [0.15, 0.2) is 5.15 Å². The number of hydrogen-bond acceptors (Lipinski definition) is 3. The van der Waals surface area contributed by atoms with E-state index in [9.17, 15) is 4.79 Å². The van der Waals surface area contributed by atoms with Crippen molar-refractivity contribution in [1.29, 1.82) is 0 Å². The number of carbonyl (C=O) groups excluding carboxylic acids is 1. The van der Waals surface area contributed by atoms with Crippen molar-refractivity contribution < 1.29 is 9.53 Å². The first kappa shape index (κ1) is 12.4. The van der Waals surface area contributed by atoms with Crippen molar-refractivity contribution in [3.8, 4) is 0 Å². The number of methoxy groups -OCH3 is 1. The predicted molar refractivity (Wildman–Crippen MR) is 65.1 cm³/mol. The lowest BCUT2D eigenvalue weighted by Gasteiger charge is -2.23. The van der Waals surface area contributed by atoms with Crippen LogP contribution in [0.2, 0.25) is 5.15 Å². The van der Waals surface area contributed by atoms with Gasteiger partial charge < -0.3 is 9.30 Å². The van der Waals surface area contributed by atoms with Gasteiger partial charge in [-0.1, -0.05) is 18.5 Å². The van der Waals surface area contributed by atoms with Crippen LogP contribution in [0.25, 0.3) is 0 Å². The second kappa shape index (κ2) is 5.08. The summed E-state index contributed by atoms with van der Waals surface area (Å²) < 4.78 is 6.90. The monoisotopic (exact) mass is 256 g/mol. The van der Waals surface area contributed by atoms with Crippen molar-refractivity contribution in [2.24, 2.45) is 5.92 Å². The summed E-state index contributed by atoms with van der Waals surface area (Å²) in [6, 6.07) is 0. The number of aromatic nitrogens is 2. The van der Waals surface area contributed by atoms with Crippen molar-refractivity contribution in [2.45, 2.75) is 39.2 Å². The molecule has 0 aromatic carbocycles. The number of ether oxygens (including phenoxy) is 1. The largest absolute Gasteiger partial charge is 0.469 e. The zero-order chi connectivity index (χ0) is 12.4. The molecule has 0 amide bonds. The number of imidazole rings is 1. The number of nitrogens with zero attached hydrogens (tertiary/aromatic N) is 2. The molecule has 4 nitrogen and oxygen atoms in total. The average molecular weight is 257 g/mol. The van der Waals surface area contributed by atoms with E-state index in [1.165, 1.54) is 7.11 Å². The highest BCUT2D eigenvalue weighted by Crippen LogP contribution is 2.28. The van der Waals surface area contributed by atoms with Gasteiger partial charge in [-0.2, -0.15) is 0 Å². The van der Waals surface area contributed by atoms with Crippen LogP contribution in [0.5, 0.6) is 0 Å². The third kappa shape index (κ3) is 2.32. The minimum atomic E-state index is -0.136. The van der Waals surface area contributed by atoms with E-state index in [4.69, 9.17) is 16.3 Å². The summed E-state index contributed by atoms with van der Waals surface area (Å²) in [5.74, 6) is 0.789. The van der Waals surface area contributed by atoms with Crippen LogP contribution < -0.4 is 0 Å². The highest BCUT2D eigenvalue weighted by atomic mass is 35.5. The minimum absolute atomic E-state index is 0.0617. The summed E-state index contributed by atoms with van der Waals surface area (Å²) in [7, 11) is 1.44. The van der Waals surface area contributed by atoms with E-state index in [-0.39, 0.29) is 11.9 Å². The summed E-state index contributed by atoms with van der Waals surface area (Å²) in [6.45, 7) is 2.76. The fraction of sp³-hybridized carbons (Fsp3) is 0.667. The number of carbonyl (C=O) groups is 1. The van der Waals surface area contributed by atoms with E-state index >= 15 is 0 Å². The quantitative estimate of drug-likeness (QED) is 0.779. The Hall–Kier alpha value is -1.03. The Balaban J connectivity index is 2.25. The Labute approximate surface area is 106 Å². The molecule has 0 fully saturated rings. The summed E-state index contributed by atoms with van der Waals surface area (Å²) in [5, 5.41) is 0.594. The standard InChI is InChI=1S/C12H17ClN2O2/c1-3-4-10-14-11(13)9-6-5-8(7-15(9)10)12(16)17-2/h8H,3-7H2,1-2H3. The molecule has 1 atom stereocenters. The van der Waals surface area contributed by atoms with Crippen LogP contribution in [0.3, 0.4) is 0 Å². The smallest absolute Gasteiger partial charge is 0.310 e. The molecular weight excluding hydrogens is 240 g/mol. The fourth-order valence-electron chi connectivity index (χ4n) is 2.36. The van der Waals surface area contributed by atoms with Gasteiger partial charge in [0.1, 0.15) is 5.82 Å². The molecule has 5 heteroatoms. The van der Waals surface area contributed by atoms with E-state index in [1.807, 2.05) is 0 Å². The minimum Gasteiger partial charge on any atom is -0.469 e. The summed E-state index contributed by atoms with van der Waals surface area (Å²) in [6.07, 6.45) is 3.52. The van der Waals surface area contributed by atoms with Crippen LogP contribution in [-0.2, 0) is 28.9 Å². The molecule has 0 spiro atoms. The van der Waals surface area contributed by atoms with Crippen LogP contribution in [0.1, 0.15) is 31.3 Å². The van der Waals surface area contributed by atoms with Crippen molar-refractivity contribution >= 4 is 17.6 Å². The Morgan fingerprint density at radius 3 is 3.06 bits per heavy atom. The molecule has 2 heterocycles. The lowest BCUT2D eigenvalue weighted by atomic mass is 9.98. The van der Waals surface area contributed by atoms with Crippen molar-refractivity contribution in [3.63, 3.8) is 0 Å². The van der Waals surface area contributed by atoms with Gasteiger partial charge in [0.05, 0.1) is 18.7 Å². The number of fused-ring (bicyclic) bond motifs is 1. The number of aryl methyl sites for hydroxylation is 1. The molecule has 17 heavy (non-hydrogen) atoms. The Bertz CT molecular complexity index is 428. The molecule has 0 aliphatic carbocycles. The number of hydrogen-bond donors (Lipinski definition) is 0. The Morgan fingerprint density at radius 1 is 1.65 bits per heavy atom. The van der Waals surface area contributed by atoms with Crippen molar-refractivity contribution in [1.82, 2.24) is 9.55 Å². The zero-order valence-corrected chi connectivity index (χ0v) is 11.0. The lowest BCUT2D eigenvalue weighted by molar-refractivity contribution is -0.146. The number of halogens is 1. The maximum atomic E-state index is 11.6. The van der Waals surface area contributed by atoms with Gasteiger partial charge in [-0.05, 0) is 19.3 Å². The lowest BCUT2D eigenvalue weighted by Crippen LogP contribution is -2.28. The van der Waals surface area contributed by atoms with Gasteiger partial charge in [-0.15, -0.1) is 0 Å². The van der Waals surface area contributed by atoms with Gasteiger partial charge in [0.2, 0.25) is 0 Å². The molecule has 1 aliphatic rings. The van der Waals surface area contributed by atoms with Crippen LogP contribution in [0.4, 0.5) is 0 Å². The predicted octanol–water partition coefficient (Wildman–Crippen LogP) is 2.22. The highest BCUT2D eigenvalue weighted by Gasteiger charge is 2.28. The topological polar surface area (TPSA) is 44.1 Å². The van der Waals surface area contributed by atoms with Crippen LogP contribution in [0, 0.1) is 5.92 Å². The Morgan fingerprint density at radius 2 is 2.41 bits per heavy atom. The molecule has 1 aromatic rings. The van der Waals surface area contributed by atoms with E-state index < -0.39 is 0 Å². The van der Waals surface area contributed by atoms with Crippen LogP contribution >= 0.6 is 11.6 Å². The first-order valence-corrected chi connectivity index (χ1v) is 6.36. The van der Waals surface area contributed by atoms with Gasteiger partial charge in [0, 0.05) is 13.0 Å². The third-order valence-electron chi connectivity index (χ3n) is 3.24. The van der Waals surface area contributed by atoms with Crippen LogP contribution in [-0.4, -0.2) is 22.6 Å². The first-order chi connectivity index (χ1) is 8.17. The van der Waals surface area contributed by atoms with Gasteiger partial charge in [0.25, 0.3) is 0 Å². The molecule has 94 valence electrons. The van der Waals surface area contributed by atoms with Crippen molar-refractivity contribution in [2.75, 3.05) is 7.11 Å². The highest BCUT2D eigenvalue weighted by molar-refractivity contribution is 6.30. The fourth-order valence-corrected chi connectivity index (χ4v) is 2.65. The molecule has 1 unspecified atom stereocenters. The van der Waals surface area contributed by atoms with Crippen molar-refractivity contribution in [3.05, 3.63) is 16.7 Å². The molecule has 2 rings (SSSR count). The average Bonchev–Trinajstić information content (AvgIpc) is 2.65. The Kier molecular flexibility index (Phi) is 3.72. The molecule has 0 saturated heterocycles. The molecule has 0 saturated carbocycles. The van der Waals surface area contributed by atoms with Gasteiger partial charge in [-0.25, -0.2) is 4.98 Å². The molecular formula is C12H17ClN2O2. The molecule has 1 aromatic heterocycles. The maximum Gasteiger partial charge on any atom is 0.310 e. The molecule has 0 radical (unpaired) electrons. The normalized spacial score (nSPS) is 18.9. The summed E-state index contributed by atoms with van der Waals surface area (Å²) in [5.41, 5.74) is 1.07. The second-order valence-corrected chi connectivity index (χ2v) is 4.74. The maximum absolute atomic E-state index is 11.6. The second-order valence-electron chi connectivity index (χ2n) is 4.38. The van der Waals surface area contributed by atoms with Crippen LogP contribution in [0.15, 0.2) is 0 Å². The van der Waals surface area contributed by atoms with E-state index in [0.717, 1.165) is 37.2 Å². The molecule has 1 aliphatic heterocycles. The number of esters is 1. The first-order valence-electron chi connectivity index (χ1n) is 5.99. The van der Waals surface area contributed by atoms with Gasteiger partial charge >= 0.3 is 5.97 Å². The number of rotatable bonds is 3. The summed E-state index contributed by atoms with van der Waals surface area (Å²) in [4.78, 5) is 15.9. The van der Waals surface area contributed by atoms with Gasteiger partial charge in [-0.3, -0.25) is 4.79 Å².